The molecule has 1 aromatic rings. The third-order valence-corrected chi connectivity index (χ3v) is 4.45. The molecular weight excluding hydrogens is 260 g/mol. The van der Waals surface area contributed by atoms with Crippen LogP contribution in [0, 0.1) is 0 Å². The van der Waals surface area contributed by atoms with Crippen LogP contribution in [0.4, 0.5) is 0 Å². The van der Waals surface area contributed by atoms with Crippen LogP contribution in [0.15, 0.2) is 24.3 Å². The van der Waals surface area contributed by atoms with Gasteiger partial charge in [-0.2, -0.15) is 0 Å². The molecule has 2 fully saturated rings. The Morgan fingerprint density at radius 2 is 1.79 bits per heavy atom. The average molecular weight is 279 g/mol. The van der Waals surface area contributed by atoms with Crippen LogP contribution in [0.2, 0.25) is 5.02 Å². The van der Waals surface area contributed by atoms with Crippen LogP contribution in [0.1, 0.15) is 29.6 Å². The van der Waals surface area contributed by atoms with Gasteiger partial charge in [0.05, 0.1) is 0 Å². The van der Waals surface area contributed by atoms with Crippen molar-refractivity contribution in [2.45, 2.75) is 25.3 Å². The second-order valence-corrected chi connectivity index (χ2v) is 5.88. The number of halogens is 1. The van der Waals surface area contributed by atoms with Crippen molar-refractivity contribution in [3.05, 3.63) is 34.9 Å². The van der Waals surface area contributed by atoms with Gasteiger partial charge >= 0.3 is 0 Å². The van der Waals surface area contributed by atoms with Crippen LogP contribution in [0.3, 0.4) is 0 Å². The Labute approximate surface area is 119 Å². The summed E-state index contributed by atoms with van der Waals surface area (Å²) in [6, 6.07) is 7.76. The molecular formula is C15H19ClN2O. The van der Waals surface area contributed by atoms with Crippen molar-refractivity contribution in [1.29, 1.82) is 0 Å². The van der Waals surface area contributed by atoms with Crippen LogP contribution in [-0.4, -0.2) is 47.9 Å². The fourth-order valence-electron chi connectivity index (χ4n) is 3.11. The van der Waals surface area contributed by atoms with Crippen molar-refractivity contribution in [1.82, 2.24) is 9.80 Å². The SMILES string of the molecule is O=C(c1ccc(Cl)cc1)N1CCC(N2CCCC2)C1. The fraction of sp³-hybridized carbons (Fsp3) is 0.533. The Morgan fingerprint density at radius 1 is 1.11 bits per heavy atom. The summed E-state index contributed by atoms with van der Waals surface area (Å²) >= 11 is 5.85. The van der Waals surface area contributed by atoms with Crippen molar-refractivity contribution in [3.8, 4) is 0 Å². The summed E-state index contributed by atoms with van der Waals surface area (Å²) in [6.07, 6.45) is 3.72. The van der Waals surface area contributed by atoms with Gasteiger partial charge in [-0.1, -0.05) is 11.6 Å². The molecule has 0 bridgehead atoms. The number of nitrogens with zero attached hydrogens (tertiary/aromatic N) is 2. The van der Waals surface area contributed by atoms with Crippen LogP contribution >= 0.6 is 11.6 Å². The third kappa shape index (κ3) is 2.77. The number of benzene rings is 1. The molecule has 0 spiro atoms. The van der Waals surface area contributed by atoms with Gasteiger partial charge in [-0.05, 0) is 56.6 Å². The molecule has 2 aliphatic heterocycles. The molecule has 0 radical (unpaired) electrons. The van der Waals surface area contributed by atoms with Gasteiger partial charge in [-0.25, -0.2) is 0 Å². The minimum absolute atomic E-state index is 0.137. The molecule has 2 aliphatic rings. The zero-order valence-electron chi connectivity index (χ0n) is 11.0. The highest BCUT2D eigenvalue weighted by molar-refractivity contribution is 6.30. The first-order chi connectivity index (χ1) is 9.24. The minimum Gasteiger partial charge on any atom is -0.337 e. The predicted molar refractivity (Wildman–Crippen MR) is 76.6 cm³/mol. The highest BCUT2D eigenvalue weighted by atomic mass is 35.5. The van der Waals surface area contributed by atoms with Crippen molar-refractivity contribution >= 4 is 17.5 Å². The lowest BCUT2D eigenvalue weighted by atomic mass is 10.2. The van der Waals surface area contributed by atoms with E-state index in [0.29, 0.717) is 11.1 Å². The molecule has 0 saturated carbocycles. The molecule has 1 amide bonds. The Hall–Kier alpha value is -1.06. The first-order valence-corrected chi connectivity index (χ1v) is 7.41. The highest BCUT2D eigenvalue weighted by Crippen LogP contribution is 2.22. The van der Waals surface area contributed by atoms with Crippen molar-refractivity contribution in [3.63, 3.8) is 0 Å². The molecule has 19 heavy (non-hydrogen) atoms. The van der Waals surface area contributed by atoms with E-state index >= 15 is 0 Å². The molecule has 102 valence electrons. The van der Waals surface area contributed by atoms with E-state index in [0.717, 1.165) is 25.1 Å². The van der Waals surface area contributed by atoms with Crippen molar-refractivity contribution in [2.24, 2.45) is 0 Å². The summed E-state index contributed by atoms with van der Waals surface area (Å²) in [5.41, 5.74) is 0.742. The summed E-state index contributed by atoms with van der Waals surface area (Å²) in [5, 5.41) is 0.674. The average Bonchev–Trinajstić information content (AvgIpc) is 3.10. The van der Waals surface area contributed by atoms with E-state index in [1.54, 1.807) is 12.1 Å². The lowest BCUT2D eigenvalue weighted by molar-refractivity contribution is 0.0780. The Morgan fingerprint density at radius 3 is 2.47 bits per heavy atom. The smallest absolute Gasteiger partial charge is 0.253 e. The second kappa shape index (κ2) is 5.51. The Kier molecular flexibility index (Phi) is 3.76. The van der Waals surface area contributed by atoms with E-state index in [-0.39, 0.29) is 5.91 Å². The third-order valence-electron chi connectivity index (χ3n) is 4.20. The van der Waals surface area contributed by atoms with Crippen LogP contribution in [0.5, 0.6) is 0 Å². The first-order valence-electron chi connectivity index (χ1n) is 7.03. The van der Waals surface area contributed by atoms with E-state index in [1.165, 1.54) is 25.9 Å². The lowest BCUT2D eigenvalue weighted by Gasteiger charge is -2.23. The van der Waals surface area contributed by atoms with E-state index in [9.17, 15) is 4.79 Å². The van der Waals surface area contributed by atoms with Gasteiger partial charge in [0.15, 0.2) is 0 Å². The number of carbonyl (C=O) groups excluding carboxylic acids is 1. The summed E-state index contributed by atoms with van der Waals surface area (Å²) in [7, 11) is 0. The van der Waals surface area contributed by atoms with Gasteiger partial charge in [0.1, 0.15) is 0 Å². The number of amides is 1. The summed E-state index contributed by atoms with van der Waals surface area (Å²) in [4.78, 5) is 16.9. The second-order valence-electron chi connectivity index (χ2n) is 5.44. The fourth-order valence-corrected chi connectivity index (χ4v) is 3.23. The largest absolute Gasteiger partial charge is 0.337 e. The number of rotatable bonds is 2. The van der Waals surface area contributed by atoms with Crippen molar-refractivity contribution in [2.75, 3.05) is 26.2 Å². The molecule has 4 heteroatoms. The number of carbonyl (C=O) groups is 1. The zero-order chi connectivity index (χ0) is 13.2. The molecule has 1 aromatic carbocycles. The number of likely N-dealkylation sites (tertiary alicyclic amines) is 2. The predicted octanol–water partition coefficient (Wildman–Crippen LogP) is 2.65. The van der Waals surface area contributed by atoms with E-state index < -0.39 is 0 Å². The summed E-state index contributed by atoms with van der Waals surface area (Å²) in [5.74, 6) is 0.137. The molecule has 2 saturated heterocycles. The molecule has 0 aromatic heterocycles. The van der Waals surface area contributed by atoms with Gasteiger partial charge < -0.3 is 4.90 Å². The molecule has 2 heterocycles. The maximum absolute atomic E-state index is 12.4. The maximum Gasteiger partial charge on any atom is 0.253 e. The van der Waals surface area contributed by atoms with E-state index in [4.69, 9.17) is 11.6 Å². The molecule has 0 N–H and O–H groups in total. The normalized spacial score (nSPS) is 24.1. The number of hydrogen-bond donors (Lipinski definition) is 0. The van der Waals surface area contributed by atoms with Crippen molar-refractivity contribution < 1.29 is 4.79 Å². The number of hydrogen-bond acceptors (Lipinski definition) is 2. The monoisotopic (exact) mass is 278 g/mol. The quantitative estimate of drug-likeness (QED) is 0.830. The van der Waals surface area contributed by atoms with E-state index in [2.05, 4.69) is 4.90 Å². The minimum atomic E-state index is 0.137. The first kappa shape index (κ1) is 12.9. The highest BCUT2D eigenvalue weighted by Gasteiger charge is 2.31. The van der Waals surface area contributed by atoms with Gasteiger partial charge in [0, 0.05) is 29.7 Å². The summed E-state index contributed by atoms with van der Waals surface area (Å²) < 4.78 is 0. The Balaban J connectivity index is 1.63. The molecule has 1 atom stereocenters. The van der Waals surface area contributed by atoms with Gasteiger partial charge in [-0.3, -0.25) is 9.69 Å². The van der Waals surface area contributed by atoms with Crippen LogP contribution in [0.25, 0.3) is 0 Å². The van der Waals surface area contributed by atoms with Gasteiger partial charge in [0.25, 0.3) is 5.91 Å². The van der Waals surface area contributed by atoms with Crippen LogP contribution < -0.4 is 0 Å². The van der Waals surface area contributed by atoms with E-state index in [1.807, 2.05) is 17.0 Å². The topological polar surface area (TPSA) is 23.6 Å². The maximum atomic E-state index is 12.4. The summed E-state index contributed by atoms with van der Waals surface area (Å²) in [6.45, 7) is 4.16. The lowest BCUT2D eigenvalue weighted by Crippen LogP contribution is -2.37. The molecule has 0 aliphatic carbocycles. The Bertz CT molecular complexity index is 454. The molecule has 1 unspecified atom stereocenters. The van der Waals surface area contributed by atoms with Gasteiger partial charge in [0.2, 0.25) is 0 Å². The van der Waals surface area contributed by atoms with Gasteiger partial charge in [-0.15, -0.1) is 0 Å². The molecule has 3 rings (SSSR count). The standard InChI is InChI=1S/C15H19ClN2O/c16-13-5-3-12(4-6-13)15(19)18-10-7-14(11-18)17-8-1-2-9-17/h3-6,14H,1-2,7-11H2. The zero-order valence-corrected chi connectivity index (χ0v) is 11.8. The van der Waals surface area contributed by atoms with Crippen LogP contribution in [-0.2, 0) is 0 Å². The molecule has 3 nitrogen and oxygen atoms in total.